The summed E-state index contributed by atoms with van der Waals surface area (Å²) in [6, 6.07) is 3.62. The highest BCUT2D eigenvalue weighted by Crippen LogP contribution is 2.40. The molecule has 0 spiro atoms. The predicted molar refractivity (Wildman–Crippen MR) is 113 cm³/mol. The van der Waals surface area contributed by atoms with Crippen LogP contribution in [0, 0.1) is 0 Å². The zero-order chi connectivity index (χ0) is 23.8. The van der Waals surface area contributed by atoms with E-state index in [4.69, 9.17) is 19.9 Å². The number of hydrogen-bond acceptors (Lipinski definition) is 9. The van der Waals surface area contributed by atoms with Gasteiger partial charge >= 0.3 is 0 Å². The molecule has 2 aliphatic heterocycles. The van der Waals surface area contributed by atoms with Crippen LogP contribution in [0.25, 0.3) is 0 Å². The van der Waals surface area contributed by atoms with E-state index in [-0.39, 0.29) is 42.9 Å². The van der Waals surface area contributed by atoms with Crippen LogP contribution in [0.4, 0.5) is 0 Å². The van der Waals surface area contributed by atoms with Gasteiger partial charge in [0.05, 0.1) is 37.6 Å². The van der Waals surface area contributed by atoms with E-state index in [2.05, 4.69) is 10.6 Å². The largest absolute Gasteiger partial charge is 0.483 e. The van der Waals surface area contributed by atoms with Crippen molar-refractivity contribution in [3.63, 3.8) is 0 Å². The smallest absolute Gasteiger partial charge is 0.258 e. The van der Waals surface area contributed by atoms with Crippen LogP contribution in [0.5, 0.6) is 5.75 Å². The van der Waals surface area contributed by atoms with E-state index in [1.54, 1.807) is 6.07 Å². The second-order valence-electron chi connectivity index (χ2n) is 7.42. The van der Waals surface area contributed by atoms with Gasteiger partial charge in [0.15, 0.2) is 12.8 Å². The summed E-state index contributed by atoms with van der Waals surface area (Å²) >= 11 is 0. The van der Waals surface area contributed by atoms with Crippen LogP contribution < -0.4 is 21.1 Å². The number of amides is 4. The Bertz CT molecular complexity index is 893. The summed E-state index contributed by atoms with van der Waals surface area (Å²) in [4.78, 5) is 49.6. The number of nitrogens with zero attached hydrogens (tertiary/aromatic N) is 1. The quantitative estimate of drug-likeness (QED) is 0.211. The van der Waals surface area contributed by atoms with Gasteiger partial charge in [0.1, 0.15) is 11.8 Å². The number of rotatable bonds is 12. The van der Waals surface area contributed by atoms with Crippen LogP contribution in [0.2, 0.25) is 0 Å². The molecule has 1 aromatic carbocycles. The summed E-state index contributed by atoms with van der Waals surface area (Å²) in [5.74, 6) is -1.85. The van der Waals surface area contributed by atoms with Crippen molar-refractivity contribution in [2.24, 2.45) is 5.73 Å². The van der Waals surface area contributed by atoms with Gasteiger partial charge in [0.25, 0.3) is 11.8 Å². The van der Waals surface area contributed by atoms with Gasteiger partial charge in [-0.15, -0.1) is 0 Å². The number of nitrogens with two attached hydrogens (primary N) is 1. The molecule has 0 aliphatic carbocycles. The first-order valence-electron chi connectivity index (χ1n) is 10.7. The van der Waals surface area contributed by atoms with Crippen molar-refractivity contribution in [3.05, 3.63) is 29.3 Å². The highest BCUT2D eigenvalue weighted by molar-refractivity contribution is 6.06. The van der Waals surface area contributed by atoms with Crippen molar-refractivity contribution in [3.8, 4) is 5.75 Å². The lowest BCUT2D eigenvalue weighted by atomic mass is 10.0. The average Bonchev–Trinajstić information content (AvgIpc) is 3.05. The number of nitrogens with one attached hydrogen (secondary N) is 2. The van der Waals surface area contributed by atoms with Crippen molar-refractivity contribution in [1.82, 2.24) is 15.5 Å². The maximum absolute atomic E-state index is 12.8. The monoisotopic (exact) mass is 464 g/mol. The standard InChI is InChI=1S/C21H28N4O8/c22-6-8-31-10-11-32-9-7-23-17(27)12-33-15-3-1-2-13-18(15)21(30)25(20(13)29)14-4-5-16(26)24-19(14)28/h1-3,14,21,30H,4-12,22H2,(H,23,27)(H,24,26,28). The molecule has 180 valence electrons. The second kappa shape index (κ2) is 11.7. The molecule has 2 heterocycles. The molecule has 2 atom stereocenters. The van der Waals surface area contributed by atoms with E-state index in [1.165, 1.54) is 12.1 Å². The number of aliphatic hydroxyl groups is 1. The van der Waals surface area contributed by atoms with Crippen LogP contribution in [0.1, 0.15) is 35.0 Å². The third kappa shape index (κ3) is 6.05. The fourth-order valence-corrected chi connectivity index (χ4v) is 3.63. The second-order valence-corrected chi connectivity index (χ2v) is 7.42. The molecule has 2 aliphatic rings. The van der Waals surface area contributed by atoms with Crippen LogP contribution in [0.15, 0.2) is 18.2 Å². The van der Waals surface area contributed by atoms with Gasteiger partial charge in [-0.05, 0) is 18.6 Å². The molecule has 4 amide bonds. The third-order valence-electron chi connectivity index (χ3n) is 5.16. The normalized spacial score (nSPS) is 19.9. The van der Waals surface area contributed by atoms with Crippen LogP contribution in [-0.4, -0.2) is 85.8 Å². The van der Waals surface area contributed by atoms with Crippen LogP contribution in [-0.2, 0) is 23.9 Å². The number of aliphatic hydroxyl groups excluding tert-OH is 1. The van der Waals surface area contributed by atoms with E-state index < -0.39 is 35.9 Å². The van der Waals surface area contributed by atoms with Gasteiger partial charge in [0.2, 0.25) is 11.8 Å². The molecule has 12 heteroatoms. The number of benzene rings is 1. The Balaban J connectivity index is 1.51. The van der Waals surface area contributed by atoms with Crippen molar-refractivity contribution in [2.45, 2.75) is 25.1 Å². The minimum atomic E-state index is -1.44. The SMILES string of the molecule is NCCOCCOCCNC(=O)COc1cccc2c1C(O)N(C1CCC(=O)NC1=O)C2=O. The highest BCUT2D eigenvalue weighted by atomic mass is 16.5. The highest BCUT2D eigenvalue weighted by Gasteiger charge is 2.45. The Labute approximate surface area is 190 Å². The average molecular weight is 464 g/mol. The predicted octanol–water partition coefficient (Wildman–Crippen LogP) is -1.57. The molecular formula is C21H28N4O8. The molecule has 33 heavy (non-hydrogen) atoms. The van der Waals surface area contributed by atoms with E-state index in [1.807, 2.05) is 0 Å². The summed E-state index contributed by atoms with van der Waals surface area (Å²) in [6.07, 6.45) is -1.26. The van der Waals surface area contributed by atoms with Crippen LogP contribution >= 0.6 is 0 Å². The molecule has 3 rings (SSSR count). The maximum atomic E-state index is 12.8. The zero-order valence-electron chi connectivity index (χ0n) is 18.1. The van der Waals surface area contributed by atoms with E-state index in [0.717, 1.165) is 4.90 Å². The first-order valence-corrected chi connectivity index (χ1v) is 10.7. The van der Waals surface area contributed by atoms with Gasteiger partial charge in [-0.25, -0.2) is 0 Å². The fourth-order valence-electron chi connectivity index (χ4n) is 3.63. The van der Waals surface area contributed by atoms with Crippen molar-refractivity contribution in [1.29, 1.82) is 0 Å². The maximum Gasteiger partial charge on any atom is 0.258 e. The Morgan fingerprint density at radius 2 is 1.94 bits per heavy atom. The molecular weight excluding hydrogens is 436 g/mol. The molecule has 1 saturated heterocycles. The van der Waals surface area contributed by atoms with Gasteiger partial charge in [-0.1, -0.05) is 6.07 Å². The summed E-state index contributed by atoms with van der Waals surface area (Å²) < 4.78 is 16.0. The Hall–Kier alpha value is -3.06. The lowest BCUT2D eigenvalue weighted by Gasteiger charge is -2.32. The molecule has 2 unspecified atom stereocenters. The molecule has 12 nitrogen and oxygen atoms in total. The number of fused-ring (bicyclic) bond motifs is 1. The minimum Gasteiger partial charge on any atom is -0.483 e. The summed E-state index contributed by atoms with van der Waals surface area (Å²) in [7, 11) is 0. The third-order valence-corrected chi connectivity index (χ3v) is 5.16. The summed E-state index contributed by atoms with van der Waals surface area (Å²) in [5.41, 5.74) is 5.66. The number of carbonyl (C=O) groups is 4. The first-order chi connectivity index (χ1) is 15.9. The Morgan fingerprint density at radius 3 is 2.67 bits per heavy atom. The number of piperidine rings is 1. The molecule has 1 aromatic rings. The van der Waals surface area contributed by atoms with E-state index >= 15 is 0 Å². The molecule has 1 fully saturated rings. The summed E-state index contributed by atoms with van der Waals surface area (Å²) in [6.45, 7) is 1.95. The van der Waals surface area contributed by atoms with Gasteiger partial charge < -0.3 is 30.4 Å². The van der Waals surface area contributed by atoms with Crippen molar-refractivity contribution >= 4 is 23.6 Å². The van der Waals surface area contributed by atoms with Crippen molar-refractivity contribution < 1.29 is 38.5 Å². The van der Waals surface area contributed by atoms with Gasteiger partial charge in [-0.2, -0.15) is 0 Å². The van der Waals surface area contributed by atoms with Crippen molar-refractivity contribution in [2.75, 3.05) is 46.1 Å². The van der Waals surface area contributed by atoms with Crippen LogP contribution in [0.3, 0.4) is 0 Å². The molecule has 0 saturated carbocycles. The number of imide groups is 1. The summed E-state index contributed by atoms with van der Waals surface area (Å²) in [5, 5.41) is 15.6. The Morgan fingerprint density at radius 1 is 1.18 bits per heavy atom. The Kier molecular flexibility index (Phi) is 8.72. The molecule has 0 aromatic heterocycles. The van der Waals surface area contributed by atoms with Gasteiger partial charge in [0, 0.05) is 19.5 Å². The first kappa shape index (κ1) is 24.6. The van der Waals surface area contributed by atoms with E-state index in [9.17, 15) is 24.3 Å². The molecule has 5 N–H and O–H groups in total. The fraction of sp³-hybridized carbons (Fsp3) is 0.524. The zero-order valence-corrected chi connectivity index (χ0v) is 18.1. The molecule has 0 radical (unpaired) electrons. The minimum absolute atomic E-state index is 0.0667. The number of carbonyl (C=O) groups excluding carboxylic acids is 4. The molecule has 0 bridgehead atoms. The lowest BCUT2D eigenvalue weighted by Crippen LogP contribution is -2.53. The van der Waals surface area contributed by atoms with E-state index in [0.29, 0.717) is 33.0 Å². The topological polar surface area (TPSA) is 170 Å². The lowest BCUT2D eigenvalue weighted by molar-refractivity contribution is -0.139. The van der Waals surface area contributed by atoms with Gasteiger partial charge in [-0.3, -0.25) is 29.4 Å². The number of ether oxygens (including phenoxy) is 3. The number of hydrogen-bond donors (Lipinski definition) is 4.